The summed E-state index contributed by atoms with van der Waals surface area (Å²) >= 11 is 6.94. The molecule has 0 saturated heterocycles. The Kier molecular flexibility index (Phi) is 7.61. The van der Waals surface area contributed by atoms with E-state index in [2.05, 4.69) is 54.0 Å². The highest BCUT2D eigenvalue weighted by Crippen LogP contribution is 2.15. The monoisotopic (exact) mass is 403 g/mol. The summed E-state index contributed by atoms with van der Waals surface area (Å²) in [6, 6.07) is 8.14. The number of rotatable bonds is 7. The van der Waals surface area contributed by atoms with Crippen LogP contribution in [0.4, 0.5) is 5.69 Å². The number of halogens is 2. The fourth-order valence-corrected chi connectivity index (χ4v) is 2.42. The van der Waals surface area contributed by atoms with Gasteiger partial charge in [-0.25, -0.2) is 5.01 Å². The normalized spacial score (nSPS) is 10.8. The molecule has 110 valence electrons. The molecule has 0 amide bonds. The summed E-state index contributed by atoms with van der Waals surface area (Å²) in [5, 5.41) is 14.5. The van der Waals surface area contributed by atoms with Gasteiger partial charge in [-0.2, -0.15) is 5.10 Å². The number of benzene rings is 1. The van der Waals surface area contributed by atoms with Crippen molar-refractivity contribution >= 4 is 49.7 Å². The lowest BCUT2D eigenvalue weighted by Crippen LogP contribution is -2.28. The van der Waals surface area contributed by atoms with Gasteiger partial charge < -0.3 is 10.6 Å². The number of hydrogen-bond acceptors (Lipinski definition) is 3. The molecule has 0 aliphatic carbocycles. The maximum absolute atomic E-state index is 7.22. The third-order valence-electron chi connectivity index (χ3n) is 2.70. The minimum Gasteiger partial charge on any atom is -0.370 e. The Morgan fingerprint density at radius 1 is 1.25 bits per heavy atom. The SMILES string of the molecule is CN(N=Cc1ccc(N(CCBr)CCBr)cc1)C(=N)N. The Morgan fingerprint density at radius 3 is 2.25 bits per heavy atom. The molecule has 0 unspecified atom stereocenters. The zero-order valence-electron chi connectivity index (χ0n) is 11.4. The number of hydrogen-bond donors (Lipinski definition) is 2. The van der Waals surface area contributed by atoms with Gasteiger partial charge in [-0.1, -0.05) is 44.0 Å². The Morgan fingerprint density at radius 2 is 1.80 bits per heavy atom. The molecule has 0 heterocycles. The van der Waals surface area contributed by atoms with Gasteiger partial charge in [0.25, 0.3) is 0 Å². The average Bonchev–Trinajstić information content (AvgIpc) is 2.45. The lowest BCUT2D eigenvalue weighted by atomic mass is 10.2. The summed E-state index contributed by atoms with van der Waals surface area (Å²) in [7, 11) is 1.64. The molecule has 1 rings (SSSR count). The molecule has 0 aromatic heterocycles. The van der Waals surface area contributed by atoms with Gasteiger partial charge in [0, 0.05) is 36.5 Å². The van der Waals surface area contributed by atoms with Crippen molar-refractivity contribution in [3.8, 4) is 0 Å². The number of nitrogens with two attached hydrogens (primary N) is 1. The van der Waals surface area contributed by atoms with Gasteiger partial charge in [-0.15, -0.1) is 0 Å². The second kappa shape index (κ2) is 8.97. The van der Waals surface area contributed by atoms with Crippen LogP contribution in [0.5, 0.6) is 0 Å². The molecule has 0 aliphatic heterocycles. The first kappa shape index (κ1) is 17.0. The van der Waals surface area contributed by atoms with E-state index in [1.165, 1.54) is 10.7 Å². The maximum Gasteiger partial charge on any atom is 0.208 e. The van der Waals surface area contributed by atoms with Crippen molar-refractivity contribution < 1.29 is 0 Å². The van der Waals surface area contributed by atoms with Gasteiger partial charge in [-0.05, 0) is 17.7 Å². The van der Waals surface area contributed by atoms with E-state index in [1.807, 2.05) is 12.1 Å². The molecule has 3 N–H and O–H groups in total. The molecule has 20 heavy (non-hydrogen) atoms. The van der Waals surface area contributed by atoms with Crippen LogP contribution in [0.15, 0.2) is 29.4 Å². The zero-order chi connectivity index (χ0) is 15.0. The number of hydrazone groups is 1. The molecule has 0 fully saturated rings. The molecular formula is C13H19Br2N5. The Labute approximate surface area is 136 Å². The zero-order valence-corrected chi connectivity index (χ0v) is 14.6. The van der Waals surface area contributed by atoms with Gasteiger partial charge in [-0.3, -0.25) is 5.41 Å². The van der Waals surface area contributed by atoms with E-state index in [1.54, 1.807) is 13.3 Å². The number of anilines is 1. The summed E-state index contributed by atoms with van der Waals surface area (Å²) in [5.41, 5.74) is 7.46. The van der Waals surface area contributed by atoms with Crippen molar-refractivity contribution in [1.82, 2.24) is 5.01 Å². The fraction of sp³-hybridized carbons (Fsp3) is 0.385. The van der Waals surface area contributed by atoms with Gasteiger partial charge in [0.1, 0.15) is 0 Å². The van der Waals surface area contributed by atoms with E-state index < -0.39 is 0 Å². The van der Waals surface area contributed by atoms with E-state index in [-0.39, 0.29) is 5.96 Å². The average molecular weight is 405 g/mol. The Balaban J connectivity index is 2.74. The predicted octanol–water partition coefficient (Wildman–Crippen LogP) is 2.44. The minimum absolute atomic E-state index is 0.0845. The van der Waals surface area contributed by atoms with Crippen LogP contribution in [-0.2, 0) is 0 Å². The van der Waals surface area contributed by atoms with Crippen molar-refractivity contribution in [2.75, 3.05) is 35.7 Å². The highest BCUT2D eigenvalue weighted by molar-refractivity contribution is 9.09. The summed E-state index contributed by atoms with van der Waals surface area (Å²) in [6.07, 6.45) is 1.69. The first-order chi connectivity index (χ1) is 9.58. The summed E-state index contributed by atoms with van der Waals surface area (Å²) < 4.78 is 0. The highest BCUT2D eigenvalue weighted by Gasteiger charge is 2.04. The minimum atomic E-state index is -0.0845. The van der Waals surface area contributed by atoms with E-state index in [9.17, 15) is 0 Å². The van der Waals surface area contributed by atoms with Crippen LogP contribution < -0.4 is 10.6 Å². The molecule has 1 aromatic carbocycles. The number of guanidine groups is 1. The van der Waals surface area contributed by atoms with Gasteiger partial charge in [0.15, 0.2) is 0 Å². The molecule has 0 bridgehead atoms. The van der Waals surface area contributed by atoms with Gasteiger partial charge >= 0.3 is 0 Å². The number of alkyl halides is 2. The van der Waals surface area contributed by atoms with E-state index in [0.717, 1.165) is 29.3 Å². The van der Waals surface area contributed by atoms with Crippen LogP contribution in [0, 0.1) is 5.41 Å². The molecule has 0 atom stereocenters. The quantitative estimate of drug-likeness (QED) is 0.317. The first-order valence-corrected chi connectivity index (χ1v) is 8.41. The fourth-order valence-electron chi connectivity index (χ4n) is 1.56. The van der Waals surface area contributed by atoms with Crippen molar-refractivity contribution in [2.24, 2.45) is 10.8 Å². The Bertz CT molecular complexity index is 441. The van der Waals surface area contributed by atoms with Crippen LogP contribution in [0.1, 0.15) is 5.56 Å². The molecule has 0 saturated carbocycles. The van der Waals surface area contributed by atoms with Crippen molar-refractivity contribution in [3.63, 3.8) is 0 Å². The summed E-state index contributed by atoms with van der Waals surface area (Å²) in [4.78, 5) is 2.30. The number of nitrogens with zero attached hydrogens (tertiary/aromatic N) is 3. The smallest absolute Gasteiger partial charge is 0.208 e. The van der Waals surface area contributed by atoms with Crippen LogP contribution in [0.3, 0.4) is 0 Å². The highest BCUT2D eigenvalue weighted by atomic mass is 79.9. The third-order valence-corrected chi connectivity index (χ3v) is 3.41. The van der Waals surface area contributed by atoms with Gasteiger partial charge in [0.05, 0.1) is 6.21 Å². The molecule has 7 heteroatoms. The molecule has 0 aliphatic rings. The van der Waals surface area contributed by atoms with E-state index in [0.29, 0.717) is 0 Å². The number of nitrogens with one attached hydrogen (secondary N) is 1. The van der Waals surface area contributed by atoms with Crippen molar-refractivity contribution in [3.05, 3.63) is 29.8 Å². The second-order valence-corrected chi connectivity index (χ2v) is 5.70. The van der Waals surface area contributed by atoms with Crippen LogP contribution in [0.2, 0.25) is 0 Å². The topological polar surface area (TPSA) is 68.7 Å². The third kappa shape index (κ3) is 5.50. The second-order valence-electron chi connectivity index (χ2n) is 4.11. The summed E-state index contributed by atoms with van der Waals surface area (Å²) in [5.74, 6) is -0.0845. The van der Waals surface area contributed by atoms with Crippen LogP contribution >= 0.6 is 31.9 Å². The van der Waals surface area contributed by atoms with Crippen molar-refractivity contribution in [2.45, 2.75) is 0 Å². The van der Waals surface area contributed by atoms with E-state index in [4.69, 9.17) is 11.1 Å². The first-order valence-electron chi connectivity index (χ1n) is 6.17. The lowest BCUT2D eigenvalue weighted by Gasteiger charge is -2.23. The van der Waals surface area contributed by atoms with Crippen LogP contribution in [0.25, 0.3) is 0 Å². The molecule has 1 aromatic rings. The summed E-state index contributed by atoms with van der Waals surface area (Å²) in [6.45, 7) is 1.93. The van der Waals surface area contributed by atoms with Crippen molar-refractivity contribution in [1.29, 1.82) is 5.41 Å². The molecular weight excluding hydrogens is 386 g/mol. The standard InChI is InChI=1S/C13H19Br2N5/c1-19(13(16)17)18-10-11-2-4-12(5-3-11)20(8-6-14)9-7-15/h2-5,10H,6-9H2,1H3,(H3,16,17). The molecule has 0 spiro atoms. The predicted molar refractivity (Wildman–Crippen MR) is 93.5 cm³/mol. The van der Waals surface area contributed by atoms with Gasteiger partial charge in [0.2, 0.25) is 5.96 Å². The Hall–Kier alpha value is -1.08. The lowest BCUT2D eigenvalue weighted by molar-refractivity contribution is 0.536. The van der Waals surface area contributed by atoms with E-state index >= 15 is 0 Å². The van der Waals surface area contributed by atoms with Crippen LogP contribution in [-0.4, -0.2) is 48.0 Å². The molecule has 5 nitrogen and oxygen atoms in total. The maximum atomic E-state index is 7.22. The molecule has 0 radical (unpaired) electrons. The largest absolute Gasteiger partial charge is 0.370 e.